The molecule has 1 saturated heterocycles. The first-order chi connectivity index (χ1) is 16.1. The molecule has 6 heteroatoms. The molecule has 0 unspecified atom stereocenters. The lowest BCUT2D eigenvalue weighted by molar-refractivity contribution is -0.117. The summed E-state index contributed by atoms with van der Waals surface area (Å²) in [5.41, 5.74) is 3.46. The quantitative estimate of drug-likeness (QED) is 0.554. The second-order valence-corrected chi connectivity index (χ2v) is 8.05. The average molecular weight is 445 g/mol. The van der Waals surface area contributed by atoms with Gasteiger partial charge in [0.15, 0.2) is 0 Å². The van der Waals surface area contributed by atoms with Gasteiger partial charge < -0.3 is 19.7 Å². The summed E-state index contributed by atoms with van der Waals surface area (Å²) in [7, 11) is 3.27. The maximum absolute atomic E-state index is 13.1. The summed E-state index contributed by atoms with van der Waals surface area (Å²) in [4.78, 5) is 26.9. The Morgan fingerprint density at radius 3 is 2.06 bits per heavy atom. The van der Waals surface area contributed by atoms with Crippen LogP contribution in [0.4, 0.5) is 5.69 Å². The number of carbonyl (C=O) groups is 2. The number of hydrogen-bond acceptors (Lipinski definition) is 4. The van der Waals surface area contributed by atoms with Gasteiger partial charge in [0.05, 0.1) is 20.3 Å². The molecule has 1 atom stereocenters. The van der Waals surface area contributed by atoms with Gasteiger partial charge in [0.2, 0.25) is 5.91 Å². The number of benzene rings is 3. The number of anilines is 1. The molecule has 1 aliphatic heterocycles. The molecule has 6 nitrogen and oxygen atoms in total. The van der Waals surface area contributed by atoms with Crippen LogP contribution in [0.3, 0.4) is 0 Å². The van der Waals surface area contributed by atoms with Crippen molar-refractivity contribution >= 4 is 17.5 Å². The molecule has 3 aromatic rings. The largest absolute Gasteiger partial charge is 0.497 e. The van der Waals surface area contributed by atoms with Gasteiger partial charge in [-0.3, -0.25) is 9.59 Å². The number of nitrogens with one attached hydrogen (secondary N) is 1. The molecule has 2 amide bonds. The average Bonchev–Trinajstić information content (AvgIpc) is 3.30. The van der Waals surface area contributed by atoms with Crippen LogP contribution in [0.1, 0.15) is 40.4 Å². The zero-order valence-corrected chi connectivity index (χ0v) is 18.9. The predicted molar refractivity (Wildman–Crippen MR) is 128 cm³/mol. The summed E-state index contributed by atoms with van der Waals surface area (Å²) in [6.45, 7) is 0.728. The summed E-state index contributed by atoms with van der Waals surface area (Å²) in [5, 5.41) is 3.17. The standard InChI is InChI=1S/C27H28N2O4/c1-32-23-13-5-19(6-14-23)18-25(20-9-15-24(33-2)16-10-20)28-27(31)21-7-11-22(12-8-21)29-17-3-4-26(29)30/h5-16,25H,3-4,17-18H2,1-2H3,(H,28,31)/t25-/m1/s1. The Morgan fingerprint density at radius 1 is 0.909 bits per heavy atom. The lowest BCUT2D eigenvalue weighted by Gasteiger charge is -2.21. The number of carbonyl (C=O) groups excluding carboxylic acids is 2. The van der Waals surface area contributed by atoms with E-state index in [1.54, 1.807) is 31.3 Å². The highest BCUT2D eigenvalue weighted by Crippen LogP contribution is 2.25. The molecule has 33 heavy (non-hydrogen) atoms. The van der Waals surface area contributed by atoms with Crippen molar-refractivity contribution in [1.29, 1.82) is 0 Å². The van der Waals surface area contributed by atoms with Gasteiger partial charge in [-0.2, -0.15) is 0 Å². The highest BCUT2D eigenvalue weighted by atomic mass is 16.5. The maximum atomic E-state index is 13.1. The third-order valence-electron chi connectivity index (χ3n) is 5.94. The fourth-order valence-corrected chi connectivity index (χ4v) is 4.04. The zero-order valence-electron chi connectivity index (χ0n) is 18.9. The zero-order chi connectivity index (χ0) is 23.2. The Hall–Kier alpha value is -3.80. The summed E-state index contributed by atoms with van der Waals surface area (Å²) >= 11 is 0. The van der Waals surface area contributed by atoms with Crippen LogP contribution < -0.4 is 19.7 Å². The van der Waals surface area contributed by atoms with Gasteiger partial charge >= 0.3 is 0 Å². The Morgan fingerprint density at radius 2 is 1.52 bits per heavy atom. The Balaban J connectivity index is 1.52. The number of ether oxygens (including phenoxy) is 2. The predicted octanol–water partition coefficient (Wildman–Crippen LogP) is 4.54. The van der Waals surface area contributed by atoms with Gasteiger partial charge in [0, 0.05) is 24.2 Å². The smallest absolute Gasteiger partial charge is 0.251 e. The molecule has 0 saturated carbocycles. The number of amides is 2. The van der Waals surface area contributed by atoms with E-state index in [1.165, 1.54) is 0 Å². The molecule has 0 spiro atoms. The molecule has 0 bridgehead atoms. The molecule has 1 fully saturated rings. The first-order valence-electron chi connectivity index (χ1n) is 11.1. The molecule has 0 aromatic heterocycles. The first-order valence-corrected chi connectivity index (χ1v) is 11.1. The van der Waals surface area contributed by atoms with Crippen LogP contribution in [0.15, 0.2) is 72.8 Å². The molecule has 0 aliphatic carbocycles. The van der Waals surface area contributed by atoms with E-state index in [1.807, 2.05) is 60.7 Å². The molecular weight excluding hydrogens is 416 g/mol. The van der Waals surface area contributed by atoms with Gasteiger partial charge in [-0.15, -0.1) is 0 Å². The highest BCUT2D eigenvalue weighted by molar-refractivity contribution is 5.97. The van der Waals surface area contributed by atoms with Gasteiger partial charge in [0.1, 0.15) is 11.5 Å². The van der Waals surface area contributed by atoms with E-state index in [4.69, 9.17) is 9.47 Å². The molecule has 1 N–H and O–H groups in total. The van der Waals surface area contributed by atoms with E-state index in [0.29, 0.717) is 18.4 Å². The molecular formula is C27H28N2O4. The summed E-state index contributed by atoms with van der Waals surface area (Å²) in [6.07, 6.45) is 2.08. The van der Waals surface area contributed by atoms with Gasteiger partial charge in [-0.1, -0.05) is 24.3 Å². The second-order valence-electron chi connectivity index (χ2n) is 8.05. The Bertz CT molecular complexity index is 1090. The number of rotatable bonds is 8. The third-order valence-corrected chi connectivity index (χ3v) is 5.94. The molecule has 4 rings (SSSR count). The van der Waals surface area contributed by atoms with Crippen molar-refractivity contribution in [2.45, 2.75) is 25.3 Å². The van der Waals surface area contributed by atoms with Crippen LogP contribution >= 0.6 is 0 Å². The van der Waals surface area contributed by atoms with E-state index >= 15 is 0 Å². The van der Waals surface area contributed by atoms with Crippen molar-refractivity contribution in [3.63, 3.8) is 0 Å². The van der Waals surface area contributed by atoms with Crippen molar-refractivity contribution in [3.8, 4) is 11.5 Å². The molecule has 1 aliphatic rings. The SMILES string of the molecule is COc1ccc(C[C@@H](NC(=O)c2ccc(N3CCCC3=O)cc2)c2ccc(OC)cc2)cc1. The monoisotopic (exact) mass is 444 g/mol. The normalized spacial score (nSPS) is 14.1. The van der Waals surface area contributed by atoms with E-state index < -0.39 is 0 Å². The van der Waals surface area contributed by atoms with E-state index in [9.17, 15) is 9.59 Å². The van der Waals surface area contributed by atoms with Crippen molar-refractivity contribution in [2.24, 2.45) is 0 Å². The Labute approximate surface area is 194 Å². The van der Waals surface area contributed by atoms with Crippen LogP contribution in [-0.2, 0) is 11.2 Å². The van der Waals surface area contributed by atoms with E-state index in [2.05, 4.69) is 5.32 Å². The molecule has 1 heterocycles. The Kier molecular flexibility index (Phi) is 6.93. The summed E-state index contributed by atoms with van der Waals surface area (Å²) < 4.78 is 10.5. The molecule has 0 radical (unpaired) electrons. The van der Waals surface area contributed by atoms with Crippen molar-refractivity contribution < 1.29 is 19.1 Å². The van der Waals surface area contributed by atoms with E-state index in [0.717, 1.165) is 41.3 Å². The lowest BCUT2D eigenvalue weighted by atomic mass is 9.98. The number of methoxy groups -OCH3 is 2. The minimum atomic E-state index is -0.225. The lowest BCUT2D eigenvalue weighted by Crippen LogP contribution is -2.30. The van der Waals surface area contributed by atoms with Gasteiger partial charge in [-0.05, 0) is 72.5 Å². The number of nitrogens with zero attached hydrogens (tertiary/aromatic N) is 1. The summed E-state index contributed by atoms with van der Waals surface area (Å²) in [5.74, 6) is 1.52. The number of hydrogen-bond donors (Lipinski definition) is 1. The second kappa shape index (κ2) is 10.2. The summed E-state index contributed by atoms with van der Waals surface area (Å²) in [6, 6.07) is 22.6. The van der Waals surface area contributed by atoms with Gasteiger partial charge in [0.25, 0.3) is 5.91 Å². The van der Waals surface area contributed by atoms with Gasteiger partial charge in [-0.25, -0.2) is 0 Å². The van der Waals surface area contributed by atoms with Crippen LogP contribution in [0, 0.1) is 0 Å². The van der Waals surface area contributed by atoms with Crippen LogP contribution in [0.5, 0.6) is 11.5 Å². The molecule has 170 valence electrons. The van der Waals surface area contributed by atoms with Crippen LogP contribution in [0.2, 0.25) is 0 Å². The van der Waals surface area contributed by atoms with Crippen LogP contribution in [0.25, 0.3) is 0 Å². The fourth-order valence-electron chi connectivity index (χ4n) is 4.04. The molecule has 3 aromatic carbocycles. The van der Waals surface area contributed by atoms with Crippen LogP contribution in [-0.4, -0.2) is 32.6 Å². The maximum Gasteiger partial charge on any atom is 0.251 e. The minimum absolute atomic E-state index is 0.131. The minimum Gasteiger partial charge on any atom is -0.497 e. The first kappa shape index (κ1) is 22.4. The van der Waals surface area contributed by atoms with Crippen molar-refractivity contribution in [2.75, 3.05) is 25.7 Å². The highest BCUT2D eigenvalue weighted by Gasteiger charge is 2.22. The third kappa shape index (κ3) is 5.34. The fraction of sp³-hybridized carbons (Fsp3) is 0.259. The van der Waals surface area contributed by atoms with Crippen molar-refractivity contribution in [3.05, 3.63) is 89.5 Å². The van der Waals surface area contributed by atoms with E-state index in [-0.39, 0.29) is 17.9 Å². The topological polar surface area (TPSA) is 67.9 Å². The van der Waals surface area contributed by atoms with Crippen molar-refractivity contribution in [1.82, 2.24) is 5.32 Å².